The molecule has 0 radical (unpaired) electrons. The highest BCUT2D eigenvalue weighted by Crippen LogP contribution is 2.31. The molecule has 1 saturated carbocycles. The Morgan fingerprint density at radius 2 is 2.05 bits per heavy atom. The Labute approximate surface area is 123 Å². The molecule has 1 heterocycles. The summed E-state index contributed by atoms with van der Waals surface area (Å²) < 4.78 is 5.41. The first-order valence-corrected chi connectivity index (χ1v) is 7.41. The van der Waals surface area contributed by atoms with Crippen molar-refractivity contribution < 1.29 is 4.52 Å². The van der Waals surface area contributed by atoms with Crippen LogP contribution >= 0.6 is 11.6 Å². The molecule has 0 saturated heterocycles. The Kier molecular flexibility index (Phi) is 4.03. The van der Waals surface area contributed by atoms with Crippen LogP contribution in [-0.4, -0.2) is 16.2 Å². The zero-order chi connectivity index (χ0) is 13.9. The number of halogens is 1. The van der Waals surface area contributed by atoms with Gasteiger partial charge in [-0.3, -0.25) is 0 Å². The monoisotopic (exact) mass is 291 g/mol. The highest BCUT2D eigenvalue weighted by atomic mass is 35.5. The quantitative estimate of drug-likeness (QED) is 0.942. The van der Waals surface area contributed by atoms with Crippen molar-refractivity contribution in [3.05, 3.63) is 46.6 Å². The molecule has 0 bridgehead atoms. The first-order valence-electron chi connectivity index (χ1n) is 7.03. The second kappa shape index (κ2) is 5.94. The molecule has 20 heavy (non-hydrogen) atoms. The summed E-state index contributed by atoms with van der Waals surface area (Å²) in [6, 6.07) is 7.97. The van der Waals surface area contributed by atoms with Crippen LogP contribution in [-0.2, 0) is 6.42 Å². The van der Waals surface area contributed by atoms with Crippen molar-refractivity contribution in [1.82, 2.24) is 10.1 Å². The molecule has 2 atom stereocenters. The van der Waals surface area contributed by atoms with Gasteiger partial charge in [-0.15, -0.1) is 0 Å². The molecule has 1 aromatic heterocycles. The van der Waals surface area contributed by atoms with Crippen LogP contribution in [0.1, 0.15) is 48.9 Å². The maximum Gasteiger partial charge on any atom is 0.229 e. The van der Waals surface area contributed by atoms with Gasteiger partial charge in [0.05, 0.1) is 0 Å². The van der Waals surface area contributed by atoms with E-state index in [4.69, 9.17) is 21.9 Å². The second-order valence-corrected chi connectivity index (χ2v) is 5.91. The van der Waals surface area contributed by atoms with E-state index in [0.717, 1.165) is 48.0 Å². The third kappa shape index (κ3) is 3.19. The SMILES string of the molecule is NC1CCCC(c2nc(Cc3ccc(Cl)cc3)no2)C1. The second-order valence-electron chi connectivity index (χ2n) is 5.48. The molecule has 1 aliphatic carbocycles. The smallest absolute Gasteiger partial charge is 0.229 e. The minimum Gasteiger partial charge on any atom is -0.339 e. The van der Waals surface area contributed by atoms with Crippen molar-refractivity contribution in [3.63, 3.8) is 0 Å². The molecule has 2 N–H and O–H groups in total. The molecule has 2 unspecified atom stereocenters. The summed E-state index contributed by atoms with van der Waals surface area (Å²) in [5.74, 6) is 1.79. The fourth-order valence-electron chi connectivity index (χ4n) is 2.74. The van der Waals surface area contributed by atoms with Gasteiger partial charge < -0.3 is 10.3 Å². The van der Waals surface area contributed by atoms with Crippen LogP contribution in [0.25, 0.3) is 0 Å². The predicted octanol–water partition coefficient (Wildman–Crippen LogP) is 3.30. The minimum atomic E-state index is 0.264. The van der Waals surface area contributed by atoms with Gasteiger partial charge >= 0.3 is 0 Å². The number of benzene rings is 1. The Morgan fingerprint density at radius 3 is 2.80 bits per heavy atom. The summed E-state index contributed by atoms with van der Waals surface area (Å²) in [5.41, 5.74) is 7.13. The number of nitrogens with zero attached hydrogens (tertiary/aromatic N) is 2. The van der Waals surface area contributed by atoms with E-state index < -0.39 is 0 Å². The topological polar surface area (TPSA) is 64.9 Å². The molecule has 1 aromatic carbocycles. The zero-order valence-corrected chi connectivity index (χ0v) is 12.0. The van der Waals surface area contributed by atoms with Gasteiger partial charge in [0.1, 0.15) is 0 Å². The molecule has 4 nitrogen and oxygen atoms in total. The van der Waals surface area contributed by atoms with Gasteiger partial charge in [0, 0.05) is 23.4 Å². The van der Waals surface area contributed by atoms with Crippen molar-refractivity contribution in [2.45, 2.75) is 44.1 Å². The lowest BCUT2D eigenvalue weighted by atomic mass is 9.86. The van der Waals surface area contributed by atoms with E-state index in [-0.39, 0.29) is 6.04 Å². The van der Waals surface area contributed by atoms with Gasteiger partial charge in [0.15, 0.2) is 5.82 Å². The maximum absolute atomic E-state index is 6.00. The summed E-state index contributed by atoms with van der Waals surface area (Å²) in [6.45, 7) is 0. The Morgan fingerprint density at radius 1 is 1.25 bits per heavy atom. The highest BCUT2D eigenvalue weighted by Gasteiger charge is 2.25. The molecular formula is C15H18ClN3O. The average Bonchev–Trinajstić information content (AvgIpc) is 2.90. The molecule has 0 spiro atoms. The normalized spacial score (nSPS) is 22.9. The molecule has 5 heteroatoms. The van der Waals surface area contributed by atoms with Crippen molar-refractivity contribution in [3.8, 4) is 0 Å². The van der Waals surface area contributed by atoms with Crippen LogP contribution in [0.3, 0.4) is 0 Å². The molecule has 3 rings (SSSR count). The molecular weight excluding hydrogens is 274 g/mol. The van der Waals surface area contributed by atoms with Crippen molar-refractivity contribution in [1.29, 1.82) is 0 Å². The number of rotatable bonds is 3. The molecule has 0 amide bonds. The van der Waals surface area contributed by atoms with Crippen molar-refractivity contribution >= 4 is 11.6 Å². The zero-order valence-electron chi connectivity index (χ0n) is 11.3. The van der Waals surface area contributed by atoms with E-state index in [0.29, 0.717) is 12.3 Å². The first kappa shape index (κ1) is 13.6. The number of nitrogens with two attached hydrogens (primary N) is 1. The van der Waals surface area contributed by atoms with E-state index in [9.17, 15) is 0 Å². The largest absolute Gasteiger partial charge is 0.339 e. The summed E-state index contributed by atoms with van der Waals surface area (Å²) >= 11 is 5.87. The van der Waals surface area contributed by atoms with E-state index >= 15 is 0 Å². The Balaban J connectivity index is 1.68. The summed E-state index contributed by atoms with van der Waals surface area (Å²) in [5, 5.41) is 4.81. The van der Waals surface area contributed by atoms with Crippen LogP contribution < -0.4 is 5.73 Å². The number of hydrogen-bond acceptors (Lipinski definition) is 4. The third-order valence-corrected chi connectivity index (χ3v) is 4.08. The maximum atomic E-state index is 6.00. The number of aromatic nitrogens is 2. The van der Waals surface area contributed by atoms with Gasteiger partial charge in [0.25, 0.3) is 0 Å². The van der Waals surface area contributed by atoms with Gasteiger partial charge in [-0.2, -0.15) is 4.98 Å². The van der Waals surface area contributed by atoms with E-state index in [1.54, 1.807) is 0 Å². The Bertz CT molecular complexity index is 567. The van der Waals surface area contributed by atoms with Crippen LogP contribution in [0.2, 0.25) is 5.02 Å². The van der Waals surface area contributed by atoms with E-state index in [1.807, 2.05) is 24.3 Å². The summed E-state index contributed by atoms with van der Waals surface area (Å²) in [6.07, 6.45) is 4.95. The minimum absolute atomic E-state index is 0.264. The lowest BCUT2D eigenvalue weighted by Crippen LogP contribution is -2.26. The highest BCUT2D eigenvalue weighted by molar-refractivity contribution is 6.30. The molecule has 106 valence electrons. The average molecular weight is 292 g/mol. The summed E-state index contributed by atoms with van der Waals surface area (Å²) in [4.78, 5) is 4.52. The van der Waals surface area contributed by atoms with Gasteiger partial charge in [-0.25, -0.2) is 0 Å². The van der Waals surface area contributed by atoms with Crippen LogP contribution in [0, 0.1) is 0 Å². The standard InChI is InChI=1S/C15H18ClN3O/c16-12-6-4-10(5-7-12)8-14-18-15(20-19-14)11-2-1-3-13(17)9-11/h4-7,11,13H,1-3,8-9,17H2. The molecule has 2 aromatic rings. The van der Waals surface area contributed by atoms with Gasteiger partial charge in [0.2, 0.25) is 5.89 Å². The van der Waals surface area contributed by atoms with Crippen LogP contribution in [0.4, 0.5) is 0 Å². The fraction of sp³-hybridized carbons (Fsp3) is 0.467. The van der Waals surface area contributed by atoms with Crippen LogP contribution in [0.15, 0.2) is 28.8 Å². The molecule has 0 aliphatic heterocycles. The fourth-order valence-corrected chi connectivity index (χ4v) is 2.87. The lowest BCUT2D eigenvalue weighted by Gasteiger charge is -2.23. The molecule has 1 aliphatic rings. The van der Waals surface area contributed by atoms with Crippen LogP contribution in [0.5, 0.6) is 0 Å². The molecule has 1 fully saturated rings. The summed E-state index contributed by atoms with van der Waals surface area (Å²) in [7, 11) is 0. The third-order valence-electron chi connectivity index (χ3n) is 3.82. The lowest BCUT2D eigenvalue weighted by molar-refractivity contribution is 0.297. The van der Waals surface area contributed by atoms with Gasteiger partial charge in [-0.1, -0.05) is 35.3 Å². The van der Waals surface area contributed by atoms with Crippen molar-refractivity contribution in [2.75, 3.05) is 0 Å². The number of hydrogen-bond donors (Lipinski definition) is 1. The Hall–Kier alpha value is -1.39. The van der Waals surface area contributed by atoms with E-state index in [2.05, 4.69) is 10.1 Å². The first-order chi connectivity index (χ1) is 9.70. The predicted molar refractivity (Wildman–Crippen MR) is 77.7 cm³/mol. The van der Waals surface area contributed by atoms with Gasteiger partial charge in [-0.05, 0) is 37.0 Å². The van der Waals surface area contributed by atoms with E-state index in [1.165, 1.54) is 0 Å². The van der Waals surface area contributed by atoms with Crippen molar-refractivity contribution in [2.24, 2.45) is 5.73 Å².